The van der Waals surface area contributed by atoms with Crippen LogP contribution in [0.4, 0.5) is 0 Å². The molecule has 1 amide bonds. The van der Waals surface area contributed by atoms with Gasteiger partial charge in [-0.05, 0) is 30.7 Å². The number of unbranched alkanes of at least 4 members (excludes halogenated alkanes) is 1. The summed E-state index contributed by atoms with van der Waals surface area (Å²) in [4.78, 5) is 15.4. The largest absolute Gasteiger partial charge is 0.342 e. The monoisotopic (exact) mass is 331 g/mol. The van der Waals surface area contributed by atoms with Crippen molar-refractivity contribution in [3.63, 3.8) is 0 Å². The van der Waals surface area contributed by atoms with E-state index in [2.05, 4.69) is 40.4 Å². The van der Waals surface area contributed by atoms with Crippen molar-refractivity contribution >= 4 is 33.2 Å². The van der Waals surface area contributed by atoms with Crippen LogP contribution in [0.3, 0.4) is 0 Å². The second-order valence-electron chi connectivity index (χ2n) is 4.36. The molecule has 0 unspecified atom stereocenters. The Morgan fingerprint density at radius 3 is 2.83 bits per heavy atom. The summed E-state index contributed by atoms with van der Waals surface area (Å²) in [7, 11) is 0. The number of rotatable bonds is 9. The lowest BCUT2D eigenvalue weighted by molar-refractivity contribution is -0.131. The fraction of sp³-hybridized carbons (Fsp3) is 0.643. The molecule has 0 fully saturated rings. The Labute approximate surface area is 123 Å². The maximum Gasteiger partial charge on any atom is 0.222 e. The summed E-state index contributed by atoms with van der Waals surface area (Å²) in [6.07, 6.45) is 4.91. The lowest BCUT2D eigenvalue weighted by Gasteiger charge is -2.21. The predicted molar refractivity (Wildman–Crippen MR) is 82.5 cm³/mol. The van der Waals surface area contributed by atoms with Crippen LogP contribution in [0.15, 0.2) is 17.5 Å². The maximum atomic E-state index is 12.1. The molecule has 1 heterocycles. The van der Waals surface area contributed by atoms with Gasteiger partial charge in [0.2, 0.25) is 5.91 Å². The predicted octanol–water partition coefficient (Wildman–Crippen LogP) is 4.09. The van der Waals surface area contributed by atoms with Crippen molar-refractivity contribution in [3.8, 4) is 0 Å². The highest BCUT2D eigenvalue weighted by Crippen LogP contribution is 2.12. The number of thiophene rings is 1. The van der Waals surface area contributed by atoms with Gasteiger partial charge in [0.1, 0.15) is 0 Å². The van der Waals surface area contributed by atoms with Crippen molar-refractivity contribution in [2.45, 2.75) is 39.0 Å². The van der Waals surface area contributed by atoms with Crippen LogP contribution in [0.25, 0.3) is 0 Å². The highest BCUT2D eigenvalue weighted by Gasteiger charge is 2.11. The van der Waals surface area contributed by atoms with E-state index in [0.717, 1.165) is 44.1 Å². The third-order valence-corrected chi connectivity index (χ3v) is 4.17. The standard InChI is InChI=1S/C14H22BrNOS/c1-2-3-10-16(11-9-15)14(17)8-4-6-13-7-5-12-18-13/h5,7,12H,2-4,6,8-11H2,1H3. The zero-order chi connectivity index (χ0) is 13.2. The molecule has 4 heteroatoms. The number of aryl methyl sites for hydroxylation is 1. The lowest BCUT2D eigenvalue weighted by Crippen LogP contribution is -2.33. The first-order chi connectivity index (χ1) is 8.77. The van der Waals surface area contributed by atoms with E-state index in [0.29, 0.717) is 12.3 Å². The van der Waals surface area contributed by atoms with Gasteiger partial charge >= 0.3 is 0 Å². The van der Waals surface area contributed by atoms with Crippen LogP contribution in [0, 0.1) is 0 Å². The number of amides is 1. The molecule has 0 saturated carbocycles. The second-order valence-corrected chi connectivity index (χ2v) is 6.18. The molecule has 0 aliphatic heterocycles. The van der Waals surface area contributed by atoms with Crippen molar-refractivity contribution in [2.75, 3.05) is 18.4 Å². The van der Waals surface area contributed by atoms with Crippen molar-refractivity contribution in [3.05, 3.63) is 22.4 Å². The molecule has 0 N–H and O–H groups in total. The molecule has 2 nitrogen and oxygen atoms in total. The quantitative estimate of drug-likeness (QED) is 0.624. The Kier molecular flexibility index (Phi) is 8.34. The Morgan fingerprint density at radius 1 is 1.39 bits per heavy atom. The number of hydrogen-bond donors (Lipinski definition) is 0. The molecule has 1 aromatic heterocycles. The first kappa shape index (κ1) is 15.7. The number of halogens is 1. The number of carbonyl (C=O) groups excluding carboxylic acids is 1. The van der Waals surface area contributed by atoms with Gasteiger partial charge in [0.25, 0.3) is 0 Å². The van der Waals surface area contributed by atoms with Crippen LogP contribution in [-0.2, 0) is 11.2 Å². The molecule has 1 rings (SSSR count). The van der Waals surface area contributed by atoms with Gasteiger partial charge in [-0.1, -0.05) is 35.3 Å². The number of alkyl halides is 1. The topological polar surface area (TPSA) is 20.3 Å². The fourth-order valence-electron chi connectivity index (χ4n) is 1.84. The van der Waals surface area contributed by atoms with E-state index in [4.69, 9.17) is 0 Å². The average molecular weight is 332 g/mol. The SMILES string of the molecule is CCCCN(CCBr)C(=O)CCCc1cccs1. The molecule has 0 radical (unpaired) electrons. The van der Waals surface area contributed by atoms with E-state index in [-0.39, 0.29) is 0 Å². The molecule has 0 atom stereocenters. The van der Waals surface area contributed by atoms with Crippen LogP contribution in [0.1, 0.15) is 37.5 Å². The molecule has 0 bridgehead atoms. The van der Waals surface area contributed by atoms with Gasteiger partial charge in [-0.15, -0.1) is 11.3 Å². The molecule has 102 valence electrons. The summed E-state index contributed by atoms with van der Waals surface area (Å²) in [6, 6.07) is 4.21. The van der Waals surface area contributed by atoms with Crippen molar-refractivity contribution < 1.29 is 4.79 Å². The molecule has 0 saturated heterocycles. The first-order valence-corrected chi connectivity index (χ1v) is 8.64. The minimum Gasteiger partial charge on any atom is -0.342 e. The molecule has 0 aliphatic carbocycles. The fourth-order valence-corrected chi connectivity index (χ4v) is 3.02. The minimum atomic E-state index is 0.305. The highest BCUT2D eigenvalue weighted by molar-refractivity contribution is 9.09. The van der Waals surface area contributed by atoms with E-state index >= 15 is 0 Å². The van der Waals surface area contributed by atoms with Gasteiger partial charge in [0, 0.05) is 29.7 Å². The van der Waals surface area contributed by atoms with Crippen LogP contribution in [-0.4, -0.2) is 29.2 Å². The van der Waals surface area contributed by atoms with Crippen LogP contribution >= 0.6 is 27.3 Å². The van der Waals surface area contributed by atoms with Gasteiger partial charge in [0.15, 0.2) is 0 Å². The number of nitrogens with zero attached hydrogens (tertiary/aromatic N) is 1. The zero-order valence-electron chi connectivity index (χ0n) is 11.0. The van der Waals surface area contributed by atoms with Crippen molar-refractivity contribution in [1.82, 2.24) is 4.90 Å². The summed E-state index contributed by atoms with van der Waals surface area (Å²) < 4.78 is 0. The van der Waals surface area contributed by atoms with Gasteiger partial charge < -0.3 is 4.90 Å². The molecular formula is C14H22BrNOS. The van der Waals surface area contributed by atoms with Gasteiger partial charge in [0.05, 0.1) is 0 Å². The molecule has 0 aromatic carbocycles. The Hall–Kier alpha value is -0.350. The third-order valence-electron chi connectivity index (χ3n) is 2.88. The molecule has 0 aliphatic rings. The second kappa shape index (κ2) is 9.56. The van der Waals surface area contributed by atoms with Crippen LogP contribution < -0.4 is 0 Å². The van der Waals surface area contributed by atoms with E-state index in [1.54, 1.807) is 11.3 Å². The lowest BCUT2D eigenvalue weighted by atomic mass is 10.2. The normalized spacial score (nSPS) is 10.6. The zero-order valence-corrected chi connectivity index (χ0v) is 13.4. The Balaban J connectivity index is 2.27. The van der Waals surface area contributed by atoms with Gasteiger partial charge in [-0.3, -0.25) is 4.79 Å². The molecule has 1 aromatic rings. The maximum absolute atomic E-state index is 12.1. The van der Waals surface area contributed by atoms with Gasteiger partial charge in [-0.2, -0.15) is 0 Å². The smallest absolute Gasteiger partial charge is 0.222 e. The summed E-state index contributed by atoms with van der Waals surface area (Å²) >= 11 is 5.19. The Bertz CT molecular complexity index is 327. The summed E-state index contributed by atoms with van der Waals surface area (Å²) in [5.74, 6) is 0.305. The Morgan fingerprint density at radius 2 is 2.22 bits per heavy atom. The van der Waals surface area contributed by atoms with Crippen LogP contribution in [0.2, 0.25) is 0 Å². The number of carbonyl (C=O) groups is 1. The van der Waals surface area contributed by atoms with Gasteiger partial charge in [-0.25, -0.2) is 0 Å². The average Bonchev–Trinajstić information content (AvgIpc) is 2.87. The summed E-state index contributed by atoms with van der Waals surface area (Å²) in [5, 5.41) is 2.96. The molecule has 18 heavy (non-hydrogen) atoms. The summed E-state index contributed by atoms with van der Waals surface area (Å²) in [6.45, 7) is 3.89. The van der Waals surface area contributed by atoms with E-state index in [9.17, 15) is 4.79 Å². The van der Waals surface area contributed by atoms with E-state index in [1.807, 2.05) is 4.90 Å². The highest BCUT2D eigenvalue weighted by atomic mass is 79.9. The van der Waals surface area contributed by atoms with Crippen molar-refractivity contribution in [2.24, 2.45) is 0 Å². The van der Waals surface area contributed by atoms with Crippen LogP contribution in [0.5, 0.6) is 0 Å². The van der Waals surface area contributed by atoms with Crippen molar-refractivity contribution in [1.29, 1.82) is 0 Å². The first-order valence-electron chi connectivity index (χ1n) is 6.64. The summed E-state index contributed by atoms with van der Waals surface area (Å²) in [5.41, 5.74) is 0. The molecule has 0 spiro atoms. The van der Waals surface area contributed by atoms with E-state index < -0.39 is 0 Å². The van der Waals surface area contributed by atoms with E-state index in [1.165, 1.54) is 4.88 Å². The minimum absolute atomic E-state index is 0.305. The third kappa shape index (κ3) is 6.01. The molecular weight excluding hydrogens is 310 g/mol. The number of hydrogen-bond acceptors (Lipinski definition) is 2.